The highest BCUT2D eigenvalue weighted by atomic mass is 35.5. The second-order valence-corrected chi connectivity index (χ2v) is 7.48. The lowest BCUT2D eigenvalue weighted by atomic mass is 10.1. The zero-order chi connectivity index (χ0) is 17.2. The Balaban J connectivity index is 0.00000131. The Kier molecular flexibility index (Phi) is 8.14. The van der Waals surface area contributed by atoms with Crippen LogP contribution in [0.3, 0.4) is 0 Å². The van der Waals surface area contributed by atoms with Crippen LogP contribution in [0.25, 0.3) is 0 Å². The number of nitrogens with zero attached hydrogens (tertiary/aromatic N) is 1. The van der Waals surface area contributed by atoms with Crippen LogP contribution >= 0.6 is 24.8 Å². The molecule has 0 aromatic heterocycles. The summed E-state index contributed by atoms with van der Waals surface area (Å²) >= 11 is 0. The monoisotopic (exact) mass is 408 g/mol. The summed E-state index contributed by atoms with van der Waals surface area (Å²) in [6, 6.07) is 16.0. The Morgan fingerprint density at radius 1 is 1.00 bits per heavy atom. The molecule has 1 fully saturated rings. The summed E-state index contributed by atoms with van der Waals surface area (Å²) in [7, 11) is 0. The molecule has 0 unspecified atom stereocenters. The predicted molar refractivity (Wildman–Crippen MR) is 116 cm³/mol. The minimum absolute atomic E-state index is 0. The number of rotatable bonds is 4. The Morgan fingerprint density at radius 2 is 1.67 bits per heavy atom. The van der Waals surface area contributed by atoms with Gasteiger partial charge in [0.15, 0.2) is 0 Å². The lowest BCUT2D eigenvalue weighted by molar-refractivity contribution is -0.0188. The minimum atomic E-state index is 0. The van der Waals surface area contributed by atoms with Gasteiger partial charge in [0.2, 0.25) is 0 Å². The molecule has 1 aliphatic heterocycles. The van der Waals surface area contributed by atoms with Crippen molar-refractivity contribution in [3.05, 3.63) is 70.3 Å². The first-order valence-electron chi connectivity index (χ1n) is 9.42. The SMILES string of the molecule is Cc1cc(C)cc(CO[C@@H]2Cc3ccccc3[C@H]2N2CCNCC2)c1.Cl.Cl. The fraction of sp³-hybridized carbons (Fsp3) is 0.455. The van der Waals surface area contributed by atoms with E-state index in [-0.39, 0.29) is 30.9 Å². The van der Waals surface area contributed by atoms with Crippen LogP contribution in [-0.4, -0.2) is 37.2 Å². The number of hydrogen-bond donors (Lipinski definition) is 1. The fourth-order valence-corrected chi connectivity index (χ4v) is 4.44. The summed E-state index contributed by atoms with van der Waals surface area (Å²) in [5.74, 6) is 0. The smallest absolute Gasteiger partial charge is 0.0816 e. The van der Waals surface area contributed by atoms with E-state index in [2.05, 4.69) is 66.5 Å². The maximum absolute atomic E-state index is 6.49. The highest BCUT2D eigenvalue weighted by Gasteiger charge is 2.37. The molecular weight excluding hydrogens is 379 g/mol. The molecule has 2 atom stereocenters. The molecule has 4 rings (SSSR count). The third kappa shape index (κ3) is 5.04. The number of piperazine rings is 1. The van der Waals surface area contributed by atoms with Gasteiger partial charge in [-0.1, -0.05) is 53.6 Å². The molecule has 2 aliphatic rings. The number of halogens is 2. The van der Waals surface area contributed by atoms with Crippen molar-refractivity contribution < 1.29 is 4.74 Å². The van der Waals surface area contributed by atoms with Crippen LogP contribution in [-0.2, 0) is 17.8 Å². The maximum Gasteiger partial charge on any atom is 0.0816 e. The quantitative estimate of drug-likeness (QED) is 0.818. The van der Waals surface area contributed by atoms with Crippen molar-refractivity contribution in [3.8, 4) is 0 Å². The van der Waals surface area contributed by atoms with Crippen molar-refractivity contribution in [1.82, 2.24) is 10.2 Å². The molecular formula is C22H30Cl2N2O. The first-order chi connectivity index (χ1) is 12.2. The lowest BCUT2D eigenvalue weighted by Gasteiger charge is -2.36. The van der Waals surface area contributed by atoms with Gasteiger partial charge in [-0.2, -0.15) is 0 Å². The third-order valence-corrected chi connectivity index (χ3v) is 5.44. The molecule has 0 bridgehead atoms. The first kappa shape index (κ1) is 22.2. The van der Waals surface area contributed by atoms with Gasteiger partial charge in [-0.05, 0) is 30.5 Å². The molecule has 1 N–H and O–H groups in total. The molecule has 2 aromatic carbocycles. The maximum atomic E-state index is 6.49. The van der Waals surface area contributed by atoms with Crippen LogP contribution in [0.2, 0.25) is 0 Å². The number of nitrogens with one attached hydrogen (secondary N) is 1. The van der Waals surface area contributed by atoms with Crippen molar-refractivity contribution in [2.45, 2.75) is 39.0 Å². The molecule has 0 spiro atoms. The number of fused-ring (bicyclic) bond motifs is 1. The van der Waals surface area contributed by atoms with Crippen molar-refractivity contribution in [2.24, 2.45) is 0 Å². The van der Waals surface area contributed by atoms with E-state index in [0.717, 1.165) is 32.6 Å². The van der Waals surface area contributed by atoms with E-state index in [1.807, 2.05) is 0 Å². The number of ether oxygens (including phenoxy) is 1. The second-order valence-electron chi connectivity index (χ2n) is 7.48. The largest absolute Gasteiger partial charge is 0.371 e. The Hall–Kier alpha value is -1.10. The van der Waals surface area contributed by atoms with Crippen molar-refractivity contribution in [3.63, 3.8) is 0 Å². The number of aryl methyl sites for hydroxylation is 2. The molecule has 27 heavy (non-hydrogen) atoms. The van der Waals surface area contributed by atoms with Crippen molar-refractivity contribution in [1.29, 1.82) is 0 Å². The standard InChI is InChI=1S/C22H28N2O.2ClH/c1-16-11-17(2)13-18(12-16)15-25-21-14-19-5-3-4-6-20(19)22(21)24-9-7-23-8-10-24;;/h3-6,11-13,21-23H,7-10,14-15H2,1-2H3;2*1H/t21-,22-;;/m1../s1. The molecule has 2 aromatic rings. The molecule has 1 heterocycles. The van der Waals surface area contributed by atoms with Gasteiger partial charge in [0.05, 0.1) is 18.8 Å². The van der Waals surface area contributed by atoms with Crippen LogP contribution in [0.5, 0.6) is 0 Å². The molecule has 0 saturated carbocycles. The van der Waals surface area contributed by atoms with Crippen LogP contribution < -0.4 is 5.32 Å². The summed E-state index contributed by atoms with van der Waals surface area (Å²) in [5.41, 5.74) is 6.83. The molecule has 0 amide bonds. The summed E-state index contributed by atoms with van der Waals surface area (Å²) in [6.45, 7) is 9.36. The highest BCUT2D eigenvalue weighted by Crippen LogP contribution is 2.38. The molecule has 5 heteroatoms. The van der Waals surface area contributed by atoms with E-state index in [1.54, 1.807) is 0 Å². The van der Waals surface area contributed by atoms with E-state index in [4.69, 9.17) is 4.74 Å². The molecule has 0 radical (unpaired) electrons. The summed E-state index contributed by atoms with van der Waals surface area (Å²) < 4.78 is 6.49. The average Bonchev–Trinajstić information content (AvgIpc) is 2.98. The van der Waals surface area contributed by atoms with Crippen molar-refractivity contribution in [2.75, 3.05) is 26.2 Å². The minimum Gasteiger partial charge on any atom is -0.371 e. The van der Waals surface area contributed by atoms with Gasteiger partial charge < -0.3 is 10.1 Å². The molecule has 1 saturated heterocycles. The predicted octanol–water partition coefficient (Wildman–Crippen LogP) is 4.23. The number of benzene rings is 2. The summed E-state index contributed by atoms with van der Waals surface area (Å²) in [4.78, 5) is 2.61. The van der Waals surface area contributed by atoms with Crippen LogP contribution in [0.15, 0.2) is 42.5 Å². The van der Waals surface area contributed by atoms with Gasteiger partial charge in [0.1, 0.15) is 0 Å². The Labute approximate surface area is 175 Å². The summed E-state index contributed by atoms with van der Waals surface area (Å²) in [5, 5.41) is 3.46. The van der Waals surface area contributed by atoms with E-state index < -0.39 is 0 Å². The van der Waals surface area contributed by atoms with Gasteiger partial charge in [0.25, 0.3) is 0 Å². The average molecular weight is 409 g/mol. The topological polar surface area (TPSA) is 24.5 Å². The van der Waals surface area contributed by atoms with E-state index >= 15 is 0 Å². The van der Waals surface area contributed by atoms with Crippen LogP contribution in [0.1, 0.15) is 33.9 Å². The van der Waals surface area contributed by atoms with Crippen LogP contribution in [0, 0.1) is 13.8 Å². The highest BCUT2D eigenvalue weighted by molar-refractivity contribution is 5.85. The van der Waals surface area contributed by atoms with E-state index in [9.17, 15) is 0 Å². The van der Waals surface area contributed by atoms with Gasteiger partial charge >= 0.3 is 0 Å². The van der Waals surface area contributed by atoms with Crippen LogP contribution in [0.4, 0.5) is 0 Å². The Morgan fingerprint density at radius 3 is 2.37 bits per heavy atom. The summed E-state index contributed by atoms with van der Waals surface area (Å²) in [6.07, 6.45) is 1.27. The van der Waals surface area contributed by atoms with E-state index in [0.29, 0.717) is 12.6 Å². The molecule has 1 aliphatic carbocycles. The van der Waals surface area contributed by atoms with Crippen molar-refractivity contribution >= 4 is 24.8 Å². The fourth-order valence-electron chi connectivity index (χ4n) is 4.44. The number of hydrogen-bond acceptors (Lipinski definition) is 3. The lowest BCUT2D eigenvalue weighted by Crippen LogP contribution is -2.47. The second kappa shape index (κ2) is 9.90. The van der Waals surface area contributed by atoms with Gasteiger partial charge in [-0.3, -0.25) is 4.90 Å². The van der Waals surface area contributed by atoms with Gasteiger partial charge in [0, 0.05) is 32.6 Å². The molecule has 3 nitrogen and oxygen atoms in total. The van der Waals surface area contributed by atoms with Gasteiger partial charge in [-0.25, -0.2) is 0 Å². The normalized spacial score (nSPS) is 21.9. The van der Waals surface area contributed by atoms with E-state index in [1.165, 1.54) is 27.8 Å². The van der Waals surface area contributed by atoms with Gasteiger partial charge in [-0.15, -0.1) is 24.8 Å². The zero-order valence-corrected chi connectivity index (χ0v) is 17.7. The first-order valence-corrected chi connectivity index (χ1v) is 9.42. The Bertz CT molecular complexity index is 727. The zero-order valence-electron chi connectivity index (χ0n) is 16.1. The molecule has 148 valence electrons. The third-order valence-electron chi connectivity index (χ3n) is 5.44.